The monoisotopic (exact) mass is 408 g/mol. The summed E-state index contributed by atoms with van der Waals surface area (Å²) >= 11 is 0. The van der Waals surface area contributed by atoms with E-state index in [4.69, 9.17) is 5.26 Å². The standard InChI is InChI=1S/C25H34FN.C2H3N/c1-3-18-27(19-17-21-7-5-4-6-8-21)20(2)9-10-22-11-13-23(14-12-22)24-15-16-25(24)26;1-2-3/h4-8,11-14,20,24-25H,3,9-10,15-19H2,1-2H3;1H3. The molecule has 0 aromatic heterocycles. The minimum Gasteiger partial charge on any atom is -0.300 e. The Labute approximate surface area is 182 Å². The lowest BCUT2D eigenvalue weighted by Gasteiger charge is -2.31. The lowest BCUT2D eigenvalue weighted by atomic mass is 9.78. The summed E-state index contributed by atoms with van der Waals surface area (Å²) in [5.74, 6) is 0.149. The summed E-state index contributed by atoms with van der Waals surface area (Å²) in [4.78, 5) is 2.63. The summed E-state index contributed by atoms with van der Waals surface area (Å²) in [5.41, 5.74) is 3.98. The van der Waals surface area contributed by atoms with Crippen LogP contribution in [-0.4, -0.2) is 30.2 Å². The van der Waals surface area contributed by atoms with Gasteiger partial charge in [-0.2, -0.15) is 5.26 Å². The van der Waals surface area contributed by atoms with Crippen molar-refractivity contribution in [1.82, 2.24) is 4.90 Å². The number of nitriles is 1. The molecule has 1 saturated carbocycles. The molecule has 1 aliphatic carbocycles. The van der Waals surface area contributed by atoms with Gasteiger partial charge in [0.25, 0.3) is 0 Å². The van der Waals surface area contributed by atoms with Gasteiger partial charge in [0.05, 0.1) is 6.07 Å². The Balaban J connectivity index is 0.00000101. The lowest BCUT2D eigenvalue weighted by molar-refractivity contribution is 0.170. The minimum atomic E-state index is -0.622. The Kier molecular flexibility index (Phi) is 10.6. The summed E-state index contributed by atoms with van der Waals surface area (Å²) in [7, 11) is 0. The number of rotatable bonds is 10. The predicted octanol–water partition coefficient (Wildman–Crippen LogP) is 6.71. The van der Waals surface area contributed by atoms with Gasteiger partial charge in [0.2, 0.25) is 0 Å². The van der Waals surface area contributed by atoms with E-state index in [-0.39, 0.29) is 5.92 Å². The summed E-state index contributed by atoms with van der Waals surface area (Å²) < 4.78 is 13.6. The van der Waals surface area contributed by atoms with Crippen molar-refractivity contribution in [3.8, 4) is 6.07 Å². The van der Waals surface area contributed by atoms with Crippen LogP contribution in [0.5, 0.6) is 0 Å². The smallest absolute Gasteiger partial charge is 0.107 e. The topological polar surface area (TPSA) is 27.0 Å². The predicted molar refractivity (Wildman–Crippen MR) is 124 cm³/mol. The molecule has 0 amide bonds. The minimum absolute atomic E-state index is 0.149. The van der Waals surface area contributed by atoms with E-state index in [1.165, 1.54) is 36.5 Å². The van der Waals surface area contributed by atoms with E-state index in [0.717, 1.165) is 38.8 Å². The third-order valence-electron chi connectivity index (χ3n) is 6.11. The van der Waals surface area contributed by atoms with Gasteiger partial charge in [-0.3, -0.25) is 0 Å². The summed E-state index contributed by atoms with van der Waals surface area (Å²) in [5, 5.41) is 7.32. The molecule has 0 bridgehead atoms. The SMILES string of the molecule is CC#N.CCCN(CCc1ccccc1)C(C)CCc1ccc(C2CCC2F)cc1. The second-order valence-electron chi connectivity index (χ2n) is 8.32. The van der Waals surface area contributed by atoms with Crippen LogP contribution in [0.4, 0.5) is 4.39 Å². The largest absolute Gasteiger partial charge is 0.300 e. The van der Waals surface area contributed by atoms with Gasteiger partial charge in [-0.15, -0.1) is 0 Å². The molecule has 3 unspecified atom stereocenters. The average molecular weight is 409 g/mol. The van der Waals surface area contributed by atoms with Gasteiger partial charge in [-0.25, -0.2) is 4.39 Å². The van der Waals surface area contributed by atoms with Gasteiger partial charge >= 0.3 is 0 Å². The van der Waals surface area contributed by atoms with E-state index < -0.39 is 6.17 Å². The van der Waals surface area contributed by atoms with Crippen LogP contribution in [0, 0.1) is 11.3 Å². The maximum absolute atomic E-state index is 13.6. The lowest BCUT2D eigenvalue weighted by Crippen LogP contribution is -2.35. The van der Waals surface area contributed by atoms with Crippen molar-refractivity contribution in [2.75, 3.05) is 13.1 Å². The van der Waals surface area contributed by atoms with Gasteiger partial charge in [-0.1, -0.05) is 61.5 Å². The van der Waals surface area contributed by atoms with E-state index in [0.29, 0.717) is 6.04 Å². The molecular weight excluding hydrogens is 371 g/mol. The van der Waals surface area contributed by atoms with E-state index in [1.807, 2.05) is 0 Å². The molecule has 2 aromatic carbocycles. The third-order valence-corrected chi connectivity index (χ3v) is 6.11. The normalized spacial score (nSPS) is 18.7. The van der Waals surface area contributed by atoms with E-state index >= 15 is 0 Å². The van der Waals surface area contributed by atoms with Crippen LogP contribution in [0.2, 0.25) is 0 Å². The number of nitrogens with zero attached hydrogens (tertiary/aromatic N) is 2. The highest BCUT2D eigenvalue weighted by molar-refractivity contribution is 5.28. The number of hydrogen-bond donors (Lipinski definition) is 0. The second-order valence-corrected chi connectivity index (χ2v) is 8.32. The van der Waals surface area contributed by atoms with Crippen molar-refractivity contribution in [3.63, 3.8) is 0 Å². The molecule has 1 aliphatic rings. The molecule has 3 atom stereocenters. The number of halogens is 1. The van der Waals surface area contributed by atoms with Crippen molar-refractivity contribution in [2.24, 2.45) is 0 Å². The Bertz CT molecular complexity index is 751. The molecule has 0 spiro atoms. The van der Waals surface area contributed by atoms with Crippen LogP contribution in [0.1, 0.15) is 69.1 Å². The van der Waals surface area contributed by atoms with Gasteiger partial charge in [0.1, 0.15) is 6.17 Å². The van der Waals surface area contributed by atoms with Crippen molar-refractivity contribution >= 4 is 0 Å². The van der Waals surface area contributed by atoms with Crippen LogP contribution in [0.25, 0.3) is 0 Å². The average Bonchev–Trinajstić information content (AvgIpc) is 2.76. The fourth-order valence-corrected chi connectivity index (χ4v) is 4.08. The van der Waals surface area contributed by atoms with Crippen molar-refractivity contribution < 1.29 is 4.39 Å². The maximum Gasteiger partial charge on any atom is 0.107 e. The fraction of sp³-hybridized carbons (Fsp3) is 0.519. The molecule has 0 N–H and O–H groups in total. The molecule has 0 aliphatic heterocycles. The molecule has 2 nitrogen and oxygen atoms in total. The first-order chi connectivity index (χ1) is 14.6. The molecule has 3 heteroatoms. The number of hydrogen-bond acceptors (Lipinski definition) is 2. The molecule has 0 heterocycles. The van der Waals surface area contributed by atoms with Crippen LogP contribution in [0.15, 0.2) is 54.6 Å². The summed E-state index contributed by atoms with van der Waals surface area (Å²) in [6.07, 6.45) is 5.69. The second kappa shape index (κ2) is 13.2. The Morgan fingerprint density at radius 3 is 2.17 bits per heavy atom. The van der Waals surface area contributed by atoms with Crippen LogP contribution in [-0.2, 0) is 12.8 Å². The zero-order valence-corrected chi connectivity index (χ0v) is 18.9. The maximum atomic E-state index is 13.6. The molecule has 30 heavy (non-hydrogen) atoms. The molecular formula is C27H37FN2. The Morgan fingerprint density at radius 2 is 1.63 bits per heavy atom. The molecule has 3 rings (SSSR count). The number of benzene rings is 2. The summed E-state index contributed by atoms with van der Waals surface area (Å²) in [6, 6.07) is 21.8. The highest BCUT2D eigenvalue weighted by Gasteiger charge is 2.31. The zero-order chi connectivity index (χ0) is 21.8. The highest BCUT2D eigenvalue weighted by Crippen LogP contribution is 2.39. The van der Waals surface area contributed by atoms with Crippen LogP contribution < -0.4 is 0 Å². The molecule has 162 valence electrons. The van der Waals surface area contributed by atoms with Crippen molar-refractivity contribution in [1.29, 1.82) is 5.26 Å². The van der Waals surface area contributed by atoms with Crippen molar-refractivity contribution in [3.05, 3.63) is 71.3 Å². The Morgan fingerprint density at radius 1 is 1.00 bits per heavy atom. The molecule has 2 aromatic rings. The highest BCUT2D eigenvalue weighted by atomic mass is 19.1. The van der Waals surface area contributed by atoms with Gasteiger partial charge in [-0.05, 0) is 68.7 Å². The first kappa shape index (κ1) is 24.1. The number of alkyl halides is 1. The van der Waals surface area contributed by atoms with Gasteiger partial charge < -0.3 is 4.90 Å². The fourth-order valence-electron chi connectivity index (χ4n) is 4.08. The van der Waals surface area contributed by atoms with Crippen LogP contribution in [0.3, 0.4) is 0 Å². The molecule has 0 radical (unpaired) electrons. The van der Waals surface area contributed by atoms with Gasteiger partial charge in [0.15, 0.2) is 0 Å². The first-order valence-electron chi connectivity index (χ1n) is 11.4. The quantitative estimate of drug-likeness (QED) is 0.437. The van der Waals surface area contributed by atoms with E-state index in [9.17, 15) is 4.39 Å². The van der Waals surface area contributed by atoms with Crippen LogP contribution >= 0.6 is 0 Å². The third kappa shape index (κ3) is 7.58. The van der Waals surface area contributed by atoms with E-state index in [2.05, 4.69) is 73.3 Å². The molecule has 1 fully saturated rings. The first-order valence-corrected chi connectivity index (χ1v) is 11.4. The molecule has 0 saturated heterocycles. The zero-order valence-electron chi connectivity index (χ0n) is 18.9. The summed E-state index contributed by atoms with van der Waals surface area (Å²) in [6.45, 7) is 8.33. The van der Waals surface area contributed by atoms with Crippen molar-refractivity contribution in [2.45, 2.75) is 77.4 Å². The number of aryl methyl sites for hydroxylation is 1. The Hall–Kier alpha value is -2.18. The van der Waals surface area contributed by atoms with Gasteiger partial charge in [0, 0.05) is 25.4 Å². The van der Waals surface area contributed by atoms with E-state index in [1.54, 1.807) is 6.07 Å².